The highest BCUT2D eigenvalue weighted by Crippen LogP contribution is 2.03. The van der Waals surface area contributed by atoms with E-state index in [2.05, 4.69) is 23.6 Å². The maximum absolute atomic E-state index is 11.5. The molecular formula is C14H20N2O. The number of rotatable bonds is 4. The van der Waals surface area contributed by atoms with E-state index in [1.54, 1.807) is 6.20 Å². The third-order valence-electron chi connectivity index (χ3n) is 2.54. The molecule has 2 N–H and O–H groups in total. The van der Waals surface area contributed by atoms with Crippen molar-refractivity contribution in [2.24, 2.45) is 0 Å². The zero-order chi connectivity index (χ0) is 12.7. The molecule has 0 aliphatic heterocycles. The lowest BCUT2D eigenvalue weighted by molar-refractivity contribution is 0.243. The number of hydrogen-bond acceptors (Lipinski definition) is 1. The van der Waals surface area contributed by atoms with Crippen molar-refractivity contribution < 1.29 is 4.79 Å². The Labute approximate surface area is 103 Å². The van der Waals surface area contributed by atoms with Gasteiger partial charge in [-0.05, 0) is 25.8 Å². The van der Waals surface area contributed by atoms with E-state index in [4.69, 9.17) is 0 Å². The van der Waals surface area contributed by atoms with Crippen molar-refractivity contribution in [2.45, 2.75) is 33.7 Å². The summed E-state index contributed by atoms with van der Waals surface area (Å²) in [5.74, 6) is 0. The zero-order valence-corrected chi connectivity index (χ0v) is 10.7. The molecule has 0 aliphatic rings. The van der Waals surface area contributed by atoms with Crippen LogP contribution in [0.4, 0.5) is 4.79 Å². The molecule has 0 fully saturated rings. The van der Waals surface area contributed by atoms with Crippen LogP contribution in [0.15, 0.2) is 36.0 Å². The Hall–Kier alpha value is -1.77. The Bertz CT molecular complexity index is 410. The SMILES string of the molecule is CC/C(C)=C/NC(=O)NCc1cccc(C)c1. The summed E-state index contributed by atoms with van der Waals surface area (Å²) in [6.07, 6.45) is 2.68. The molecule has 1 aromatic carbocycles. The molecule has 0 radical (unpaired) electrons. The minimum Gasteiger partial charge on any atom is -0.334 e. The standard InChI is InChI=1S/C14H20N2O/c1-4-11(2)9-15-14(17)16-10-13-7-5-6-12(3)8-13/h5-9H,4,10H2,1-3H3,(H2,15,16,17)/b11-9+. The summed E-state index contributed by atoms with van der Waals surface area (Å²) in [5.41, 5.74) is 3.46. The van der Waals surface area contributed by atoms with Gasteiger partial charge in [-0.2, -0.15) is 0 Å². The van der Waals surface area contributed by atoms with Crippen molar-refractivity contribution in [3.8, 4) is 0 Å². The van der Waals surface area contributed by atoms with Crippen molar-refractivity contribution in [1.29, 1.82) is 0 Å². The summed E-state index contributed by atoms with van der Waals surface area (Å²) in [6.45, 7) is 6.63. The number of amides is 2. The Kier molecular flexibility index (Phi) is 5.27. The molecule has 92 valence electrons. The number of hydrogen-bond donors (Lipinski definition) is 2. The summed E-state index contributed by atoms with van der Waals surface area (Å²) >= 11 is 0. The number of aryl methyl sites for hydroxylation is 1. The Morgan fingerprint density at radius 3 is 2.82 bits per heavy atom. The van der Waals surface area contributed by atoms with E-state index in [0.717, 1.165) is 17.6 Å². The molecule has 1 aromatic rings. The molecule has 17 heavy (non-hydrogen) atoms. The van der Waals surface area contributed by atoms with E-state index in [-0.39, 0.29) is 6.03 Å². The Balaban J connectivity index is 2.38. The van der Waals surface area contributed by atoms with Gasteiger partial charge in [0, 0.05) is 12.7 Å². The first-order chi connectivity index (χ1) is 8.11. The average molecular weight is 232 g/mol. The van der Waals surface area contributed by atoms with Gasteiger partial charge in [0.2, 0.25) is 0 Å². The van der Waals surface area contributed by atoms with Crippen LogP contribution in [0.25, 0.3) is 0 Å². The van der Waals surface area contributed by atoms with Crippen LogP contribution in [0, 0.1) is 6.92 Å². The largest absolute Gasteiger partial charge is 0.334 e. The van der Waals surface area contributed by atoms with E-state index in [0.29, 0.717) is 6.54 Å². The van der Waals surface area contributed by atoms with Gasteiger partial charge in [-0.3, -0.25) is 0 Å². The Morgan fingerprint density at radius 1 is 1.41 bits per heavy atom. The summed E-state index contributed by atoms with van der Waals surface area (Å²) in [4.78, 5) is 11.5. The van der Waals surface area contributed by atoms with E-state index >= 15 is 0 Å². The molecule has 2 amide bonds. The van der Waals surface area contributed by atoms with Gasteiger partial charge in [-0.15, -0.1) is 0 Å². The van der Waals surface area contributed by atoms with Crippen molar-refractivity contribution in [3.05, 3.63) is 47.2 Å². The van der Waals surface area contributed by atoms with E-state index in [1.165, 1.54) is 5.56 Å². The molecule has 1 rings (SSSR count). The highest BCUT2D eigenvalue weighted by molar-refractivity contribution is 5.74. The number of urea groups is 1. The third-order valence-corrected chi connectivity index (χ3v) is 2.54. The third kappa shape index (κ3) is 5.20. The fraction of sp³-hybridized carbons (Fsp3) is 0.357. The lowest BCUT2D eigenvalue weighted by atomic mass is 10.1. The summed E-state index contributed by atoms with van der Waals surface area (Å²) < 4.78 is 0. The second-order valence-electron chi connectivity index (χ2n) is 4.16. The van der Waals surface area contributed by atoms with Crippen molar-refractivity contribution in [1.82, 2.24) is 10.6 Å². The first kappa shape index (κ1) is 13.3. The van der Waals surface area contributed by atoms with Crippen molar-refractivity contribution in [3.63, 3.8) is 0 Å². The van der Waals surface area contributed by atoms with Gasteiger partial charge in [0.05, 0.1) is 0 Å². The highest BCUT2D eigenvalue weighted by Gasteiger charge is 1.98. The van der Waals surface area contributed by atoms with Gasteiger partial charge in [0.1, 0.15) is 0 Å². The summed E-state index contributed by atoms with van der Waals surface area (Å²) in [7, 11) is 0. The Morgan fingerprint density at radius 2 is 2.18 bits per heavy atom. The van der Waals surface area contributed by atoms with E-state index in [1.807, 2.05) is 32.0 Å². The van der Waals surface area contributed by atoms with Crippen LogP contribution in [-0.2, 0) is 6.54 Å². The maximum Gasteiger partial charge on any atom is 0.319 e. The average Bonchev–Trinajstić information content (AvgIpc) is 2.33. The molecule has 0 heterocycles. The zero-order valence-electron chi connectivity index (χ0n) is 10.7. The van der Waals surface area contributed by atoms with E-state index in [9.17, 15) is 4.79 Å². The molecule has 0 unspecified atom stereocenters. The predicted molar refractivity (Wildman–Crippen MR) is 70.6 cm³/mol. The molecule has 0 saturated heterocycles. The predicted octanol–water partition coefficient (Wildman–Crippen LogP) is 3.11. The lowest BCUT2D eigenvalue weighted by Crippen LogP contribution is -2.31. The topological polar surface area (TPSA) is 41.1 Å². The molecule has 0 spiro atoms. The van der Waals surface area contributed by atoms with Crippen LogP contribution in [0.3, 0.4) is 0 Å². The fourth-order valence-corrected chi connectivity index (χ4v) is 1.35. The minimum absolute atomic E-state index is 0.167. The van der Waals surface area contributed by atoms with Crippen molar-refractivity contribution in [2.75, 3.05) is 0 Å². The number of nitrogens with one attached hydrogen (secondary N) is 2. The number of benzene rings is 1. The van der Waals surface area contributed by atoms with Crippen LogP contribution < -0.4 is 10.6 Å². The number of carbonyl (C=O) groups excluding carboxylic acids is 1. The van der Waals surface area contributed by atoms with Gasteiger partial charge in [0.25, 0.3) is 0 Å². The second-order valence-corrected chi connectivity index (χ2v) is 4.16. The van der Waals surface area contributed by atoms with Gasteiger partial charge in [0.15, 0.2) is 0 Å². The molecule has 0 bridgehead atoms. The molecule has 3 nitrogen and oxygen atoms in total. The molecule has 0 aliphatic carbocycles. The quantitative estimate of drug-likeness (QED) is 0.822. The van der Waals surface area contributed by atoms with Crippen LogP contribution >= 0.6 is 0 Å². The molecule has 0 aromatic heterocycles. The van der Waals surface area contributed by atoms with E-state index < -0.39 is 0 Å². The normalized spacial score (nSPS) is 11.1. The first-order valence-corrected chi connectivity index (χ1v) is 5.87. The van der Waals surface area contributed by atoms with Crippen molar-refractivity contribution >= 4 is 6.03 Å². The lowest BCUT2D eigenvalue weighted by Gasteiger charge is -2.06. The van der Waals surface area contributed by atoms with Gasteiger partial charge in [-0.1, -0.05) is 42.3 Å². The van der Waals surface area contributed by atoms with Crippen LogP contribution in [0.5, 0.6) is 0 Å². The first-order valence-electron chi connectivity index (χ1n) is 5.87. The summed E-state index contributed by atoms with van der Waals surface area (Å²) in [5, 5.41) is 5.52. The van der Waals surface area contributed by atoms with Crippen LogP contribution in [-0.4, -0.2) is 6.03 Å². The van der Waals surface area contributed by atoms with Gasteiger partial charge < -0.3 is 10.6 Å². The van der Waals surface area contributed by atoms with Crippen LogP contribution in [0.2, 0.25) is 0 Å². The highest BCUT2D eigenvalue weighted by atomic mass is 16.2. The smallest absolute Gasteiger partial charge is 0.319 e. The number of allylic oxidation sites excluding steroid dienone is 1. The molecule has 0 atom stereocenters. The molecule has 3 heteroatoms. The molecular weight excluding hydrogens is 212 g/mol. The fourth-order valence-electron chi connectivity index (χ4n) is 1.35. The summed E-state index contributed by atoms with van der Waals surface area (Å²) in [6, 6.07) is 7.93. The minimum atomic E-state index is -0.167. The van der Waals surface area contributed by atoms with Gasteiger partial charge in [-0.25, -0.2) is 4.79 Å². The second kappa shape index (κ2) is 6.74. The van der Waals surface area contributed by atoms with Gasteiger partial charge >= 0.3 is 6.03 Å². The number of carbonyl (C=O) groups is 1. The monoisotopic (exact) mass is 232 g/mol. The maximum atomic E-state index is 11.5. The molecule has 0 saturated carbocycles. The van der Waals surface area contributed by atoms with Crippen LogP contribution in [0.1, 0.15) is 31.4 Å².